The van der Waals surface area contributed by atoms with Gasteiger partial charge < -0.3 is 15.7 Å². The second-order valence-electron chi connectivity index (χ2n) is 5.54. The number of hydrogen-bond acceptors (Lipinski definition) is 3. The van der Waals surface area contributed by atoms with Crippen molar-refractivity contribution < 1.29 is 14.7 Å². The molecule has 5 heteroatoms. The van der Waals surface area contributed by atoms with Crippen molar-refractivity contribution in [1.82, 2.24) is 4.90 Å². The molecule has 100 valence electrons. The predicted molar refractivity (Wildman–Crippen MR) is 66.6 cm³/mol. The summed E-state index contributed by atoms with van der Waals surface area (Å²) in [6.45, 7) is 9.32. The average molecular weight is 244 g/mol. The van der Waals surface area contributed by atoms with E-state index in [4.69, 9.17) is 10.8 Å². The fourth-order valence-corrected chi connectivity index (χ4v) is 1.41. The van der Waals surface area contributed by atoms with E-state index in [1.165, 1.54) is 0 Å². The number of rotatable bonds is 5. The first kappa shape index (κ1) is 15.9. The van der Waals surface area contributed by atoms with Crippen molar-refractivity contribution in [2.45, 2.75) is 58.5 Å². The summed E-state index contributed by atoms with van der Waals surface area (Å²) < 4.78 is 0. The molecule has 17 heavy (non-hydrogen) atoms. The van der Waals surface area contributed by atoms with Crippen molar-refractivity contribution >= 4 is 11.9 Å². The standard InChI is InChI=1S/C12H24N2O3/c1-6-12(5,13)10(17)14(11(2,3)4)8-7-9(15)16/h6-8,13H2,1-5H3,(H,15,16). The topological polar surface area (TPSA) is 83.6 Å². The van der Waals surface area contributed by atoms with Gasteiger partial charge in [-0.1, -0.05) is 6.92 Å². The maximum atomic E-state index is 12.3. The number of amides is 1. The average Bonchev–Trinajstić information content (AvgIpc) is 2.15. The number of nitrogens with two attached hydrogens (primary N) is 1. The number of carboxylic acids is 1. The van der Waals surface area contributed by atoms with E-state index >= 15 is 0 Å². The van der Waals surface area contributed by atoms with Gasteiger partial charge in [-0.15, -0.1) is 0 Å². The van der Waals surface area contributed by atoms with Gasteiger partial charge in [0.25, 0.3) is 0 Å². The molecule has 3 N–H and O–H groups in total. The highest BCUT2D eigenvalue weighted by atomic mass is 16.4. The Kier molecular flexibility index (Phi) is 5.13. The van der Waals surface area contributed by atoms with Gasteiger partial charge in [-0.25, -0.2) is 0 Å². The Hall–Kier alpha value is -1.10. The lowest BCUT2D eigenvalue weighted by Gasteiger charge is -2.40. The molecule has 0 saturated carbocycles. The summed E-state index contributed by atoms with van der Waals surface area (Å²) in [5, 5.41) is 8.70. The molecule has 0 bridgehead atoms. The molecule has 0 heterocycles. The molecule has 1 amide bonds. The maximum Gasteiger partial charge on any atom is 0.305 e. The molecule has 0 aromatic rings. The van der Waals surface area contributed by atoms with Gasteiger partial charge >= 0.3 is 5.97 Å². The Labute approximate surface area is 103 Å². The van der Waals surface area contributed by atoms with Crippen LogP contribution in [0.25, 0.3) is 0 Å². The monoisotopic (exact) mass is 244 g/mol. The third-order valence-corrected chi connectivity index (χ3v) is 2.83. The van der Waals surface area contributed by atoms with Gasteiger partial charge in [0.1, 0.15) is 0 Å². The van der Waals surface area contributed by atoms with E-state index in [1.54, 1.807) is 11.8 Å². The van der Waals surface area contributed by atoms with Gasteiger partial charge in [-0.3, -0.25) is 9.59 Å². The molecule has 0 aliphatic rings. The molecule has 0 rings (SSSR count). The van der Waals surface area contributed by atoms with Crippen LogP contribution in [0.4, 0.5) is 0 Å². The molecule has 5 nitrogen and oxygen atoms in total. The van der Waals surface area contributed by atoms with Crippen molar-refractivity contribution in [2.75, 3.05) is 6.54 Å². The maximum absolute atomic E-state index is 12.3. The van der Waals surface area contributed by atoms with Crippen molar-refractivity contribution in [1.29, 1.82) is 0 Å². The quantitative estimate of drug-likeness (QED) is 0.761. The summed E-state index contributed by atoms with van der Waals surface area (Å²) in [4.78, 5) is 24.4. The summed E-state index contributed by atoms with van der Waals surface area (Å²) in [6, 6.07) is 0. The highest BCUT2D eigenvalue weighted by Gasteiger charge is 2.36. The Balaban J connectivity index is 4.94. The van der Waals surface area contributed by atoms with Crippen molar-refractivity contribution in [2.24, 2.45) is 5.73 Å². The van der Waals surface area contributed by atoms with Gasteiger partial charge in [0, 0.05) is 12.1 Å². The van der Waals surface area contributed by atoms with Crippen LogP contribution in [0.5, 0.6) is 0 Å². The van der Waals surface area contributed by atoms with E-state index in [2.05, 4.69) is 0 Å². The third kappa shape index (κ3) is 4.73. The van der Waals surface area contributed by atoms with Crippen molar-refractivity contribution in [3.8, 4) is 0 Å². The van der Waals surface area contributed by atoms with E-state index in [1.807, 2.05) is 27.7 Å². The smallest absolute Gasteiger partial charge is 0.305 e. The zero-order valence-corrected chi connectivity index (χ0v) is 11.4. The molecule has 0 saturated heterocycles. The molecule has 0 aromatic heterocycles. The zero-order chi connectivity index (χ0) is 13.9. The van der Waals surface area contributed by atoms with Crippen molar-refractivity contribution in [3.05, 3.63) is 0 Å². The normalized spacial score (nSPS) is 15.2. The largest absolute Gasteiger partial charge is 0.481 e. The zero-order valence-electron chi connectivity index (χ0n) is 11.4. The molecule has 0 aliphatic carbocycles. The Bertz CT molecular complexity index is 293. The van der Waals surface area contributed by atoms with Gasteiger partial charge in [0.05, 0.1) is 12.0 Å². The van der Waals surface area contributed by atoms with E-state index < -0.39 is 17.0 Å². The van der Waals surface area contributed by atoms with E-state index in [9.17, 15) is 9.59 Å². The summed E-state index contributed by atoms with van der Waals surface area (Å²) in [7, 11) is 0. The second-order valence-corrected chi connectivity index (χ2v) is 5.54. The van der Waals surface area contributed by atoms with E-state index in [0.29, 0.717) is 6.42 Å². The lowest BCUT2D eigenvalue weighted by Crippen LogP contribution is -2.58. The van der Waals surface area contributed by atoms with Crippen LogP contribution in [0.1, 0.15) is 47.5 Å². The molecule has 0 aliphatic heterocycles. The Morgan fingerprint density at radius 3 is 2.00 bits per heavy atom. The lowest BCUT2D eigenvalue weighted by atomic mass is 9.94. The van der Waals surface area contributed by atoms with Crippen LogP contribution < -0.4 is 5.73 Å². The number of hydrogen-bond donors (Lipinski definition) is 2. The van der Waals surface area contributed by atoms with Crippen LogP contribution >= 0.6 is 0 Å². The minimum absolute atomic E-state index is 0.0667. The second kappa shape index (κ2) is 5.49. The van der Waals surface area contributed by atoms with Gasteiger partial charge in [0.2, 0.25) is 5.91 Å². The number of aliphatic carboxylic acids is 1. The summed E-state index contributed by atoms with van der Waals surface area (Å²) >= 11 is 0. The summed E-state index contributed by atoms with van der Waals surface area (Å²) in [5.41, 5.74) is 4.56. The summed E-state index contributed by atoms with van der Waals surface area (Å²) in [5.74, 6) is -1.11. The first-order valence-corrected chi connectivity index (χ1v) is 5.85. The first-order valence-electron chi connectivity index (χ1n) is 5.85. The lowest BCUT2D eigenvalue weighted by molar-refractivity contribution is -0.144. The molecular weight excluding hydrogens is 220 g/mol. The minimum atomic E-state index is -0.939. The molecule has 1 atom stereocenters. The third-order valence-electron chi connectivity index (χ3n) is 2.83. The predicted octanol–water partition coefficient (Wildman–Crippen LogP) is 1.22. The van der Waals surface area contributed by atoms with E-state index in [0.717, 1.165) is 0 Å². The van der Waals surface area contributed by atoms with Gasteiger partial charge in [-0.2, -0.15) is 0 Å². The highest BCUT2D eigenvalue weighted by molar-refractivity contribution is 5.86. The first-order chi connectivity index (χ1) is 7.52. The Morgan fingerprint density at radius 1 is 1.24 bits per heavy atom. The van der Waals surface area contributed by atoms with E-state index in [-0.39, 0.29) is 18.9 Å². The summed E-state index contributed by atoms with van der Waals surface area (Å²) in [6.07, 6.45) is 0.453. The molecular formula is C12H24N2O3. The molecule has 1 unspecified atom stereocenters. The number of carbonyl (C=O) groups is 2. The number of nitrogens with zero attached hydrogens (tertiary/aromatic N) is 1. The van der Waals surface area contributed by atoms with Crippen LogP contribution in [0.3, 0.4) is 0 Å². The minimum Gasteiger partial charge on any atom is -0.481 e. The molecule has 0 aromatic carbocycles. The molecule has 0 fully saturated rings. The van der Waals surface area contributed by atoms with Crippen molar-refractivity contribution in [3.63, 3.8) is 0 Å². The van der Waals surface area contributed by atoms with Crippen LogP contribution in [-0.4, -0.2) is 39.5 Å². The SMILES string of the molecule is CCC(C)(N)C(=O)N(CCC(=O)O)C(C)(C)C. The number of carboxylic acid groups (broad SMARTS) is 1. The highest BCUT2D eigenvalue weighted by Crippen LogP contribution is 2.20. The Morgan fingerprint density at radius 2 is 1.71 bits per heavy atom. The molecule has 0 radical (unpaired) electrons. The van der Waals surface area contributed by atoms with Crippen LogP contribution in [0.2, 0.25) is 0 Å². The van der Waals surface area contributed by atoms with Gasteiger partial charge in [-0.05, 0) is 34.1 Å². The van der Waals surface area contributed by atoms with Crippen LogP contribution in [0, 0.1) is 0 Å². The van der Waals surface area contributed by atoms with Crippen LogP contribution in [0.15, 0.2) is 0 Å². The van der Waals surface area contributed by atoms with Crippen LogP contribution in [-0.2, 0) is 9.59 Å². The fourth-order valence-electron chi connectivity index (χ4n) is 1.41. The number of carbonyl (C=O) groups excluding carboxylic acids is 1. The molecule has 0 spiro atoms. The fraction of sp³-hybridized carbons (Fsp3) is 0.833. The van der Waals surface area contributed by atoms with Gasteiger partial charge in [0.15, 0.2) is 0 Å².